The van der Waals surface area contributed by atoms with Gasteiger partial charge in [0.05, 0.1) is 32.5 Å². The first-order valence-corrected chi connectivity index (χ1v) is 7.00. The van der Waals surface area contributed by atoms with E-state index in [9.17, 15) is 9.59 Å². The maximum atomic E-state index is 12.2. The predicted octanol–water partition coefficient (Wildman–Crippen LogP) is 0.743. The lowest BCUT2D eigenvalue weighted by molar-refractivity contribution is -0.157. The molecule has 6 nitrogen and oxygen atoms in total. The Kier molecular flexibility index (Phi) is 6.42. The fourth-order valence-corrected chi connectivity index (χ4v) is 2.05. The molecular formula is C14H25NO5. The third-order valence-electron chi connectivity index (χ3n) is 3.04. The summed E-state index contributed by atoms with van der Waals surface area (Å²) in [4.78, 5) is 24.2. The van der Waals surface area contributed by atoms with Crippen molar-refractivity contribution in [3.63, 3.8) is 0 Å². The fraction of sp³-hybridized carbons (Fsp3) is 0.857. The number of hydrogen-bond acceptors (Lipinski definition) is 5. The van der Waals surface area contributed by atoms with Gasteiger partial charge in [0.2, 0.25) is 5.91 Å². The van der Waals surface area contributed by atoms with E-state index in [-0.39, 0.29) is 18.6 Å². The van der Waals surface area contributed by atoms with Crippen LogP contribution in [0.1, 0.15) is 27.7 Å². The molecule has 2 atom stereocenters. The molecule has 0 spiro atoms. The quantitative estimate of drug-likeness (QED) is 0.596. The Labute approximate surface area is 120 Å². The van der Waals surface area contributed by atoms with Crippen molar-refractivity contribution in [2.75, 3.05) is 33.0 Å². The number of amides is 1. The third kappa shape index (κ3) is 5.09. The highest BCUT2D eigenvalue weighted by atomic mass is 16.6. The molecule has 0 radical (unpaired) electrons. The van der Waals surface area contributed by atoms with Crippen LogP contribution in [-0.2, 0) is 23.8 Å². The van der Waals surface area contributed by atoms with E-state index in [1.165, 1.54) is 0 Å². The highest BCUT2D eigenvalue weighted by molar-refractivity contribution is 5.98. The molecule has 1 aliphatic rings. The summed E-state index contributed by atoms with van der Waals surface area (Å²) in [7, 11) is 0. The Hall–Kier alpha value is -1.14. The Morgan fingerprint density at radius 2 is 2.05 bits per heavy atom. The first kappa shape index (κ1) is 16.9. The van der Waals surface area contributed by atoms with Gasteiger partial charge in [-0.15, -0.1) is 0 Å². The van der Waals surface area contributed by atoms with Gasteiger partial charge in [0, 0.05) is 6.54 Å². The van der Waals surface area contributed by atoms with E-state index in [1.54, 1.807) is 6.92 Å². The molecule has 116 valence electrons. The molecule has 6 heteroatoms. The number of rotatable bonds is 5. The van der Waals surface area contributed by atoms with Gasteiger partial charge in [0.1, 0.15) is 5.92 Å². The van der Waals surface area contributed by atoms with Crippen molar-refractivity contribution in [1.29, 1.82) is 0 Å². The number of ether oxygens (including phenoxy) is 3. The van der Waals surface area contributed by atoms with Gasteiger partial charge in [-0.25, -0.2) is 0 Å². The largest absolute Gasteiger partial charge is 0.465 e. The highest BCUT2D eigenvalue weighted by Gasteiger charge is 2.39. The van der Waals surface area contributed by atoms with Gasteiger partial charge in [0.25, 0.3) is 0 Å². The Balaban J connectivity index is 2.56. The van der Waals surface area contributed by atoms with E-state index in [0.29, 0.717) is 26.4 Å². The van der Waals surface area contributed by atoms with E-state index >= 15 is 0 Å². The van der Waals surface area contributed by atoms with E-state index in [1.807, 2.05) is 20.8 Å². The average Bonchev–Trinajstić information content (AvgIpc) is 2.36. The molecule has 1 rings (SSSR count). The van der Waals surface area contributed by atoms with E-state index < -0.39 is 17.3 Å². The topological polar surface area (TPSA) is 73.9 Å². The minimum Gasteiger partial charge on any atom is -0.465 e. The summed E-state index contributed by atoms with van der Waals surface area (Å²) in [6, 6.07) is 0. The van der Waals surface area contributed by atoms with Crippen molar-refractivity contribution in [1.82, 2.24) is 5.32 Å². The molecule has 0 saturated carbocycles. The molecule has 1 aliphatic heterocycles. The Bertz CT molecular complexity index is 331. The molecule has 1 amide bonds. The molecule has 1 saturated heterocycles. The predicted molar refractivity (Wildman–Crippen MR) is 73.1 cm³/mol. The minimum absolute atomic E-state index is 0.157. The summed E-state index contributed by atoms with van der Waals surface area (Å²) in [5.74, 6) is -1.64. The molecule has 2 unspecified atom stereocenters. The van der Waals surface area contributed by atoms with Crippen LogP contribution in [-0.4, -0.2) is 51.0 Å². The van der Waals surface area contributed by atoms with Crippen molar-refractivity contribution >= 4 is 11.9 Å². The van der Waals surface area contributed by atoms with Gasteiger partial charge in [-0.1, -0.05) is 20.8 Å². The second-order valence-corrected chi connectivity index (χ2v) is 5.86. The third-order valence-corrected chi connectivity index (χ3v) is 3.04. The molecular weight excluding hydrogens is 262 g/mol. The second kappa shape index (κ2) is 7.59. The number of nitrogens with one attached hydrogen (secondary N) is 1. The zero-order valence-corrected chi connectivity index (χ0v) is 12.7. The minimum atomic E-state index is -0.827. The number of esters is 1. The van der Waals surface area contributed by atoms with Gasteiger partial charge in [-0.3, -0.25) is 9.59 Å². The average molecular weight is 287 g/mol. The molecule has 0 bridgehead atoms. The van der Waals surface area contributed by atoms with Crippen molar-refractivity contribution in [2.45, 2.75) is 33.8 Å². The molecule has 0 aliphatic carbocycles. The van der Waals surface area contributed by atoms with Crippen molar-refractivity contribution in [3.8, 4) is 0 Å². The van der Waals surface area contributed by atoms with Crippen LogP contribution in [0.15, 0.2) is 0 Å². The van der Waals surface area contributed by atoms with Crippen LogP contribution in [0.3, 0.4) is 0 Å². The first-order chi connectivity index (χ1) is 9.36. The maximum Gasteiger partial charge on any atom is 0.319 e. The van der Waals surface area contributed by atoms with Gasteiger partial charge >= 0.3 is 5.97 Å². The van der Waals surface area contributed by atoms with Gasteiger partial charge in [-0.05, 0) is 12.3 Å². The molecule has 1 N–H and O–H groups in total. The molecule has 20 heavy (non-hydrogen) atoms. The summed E-state index contributed by atoms with van der Waals surface area (Å²) in [5, 5.41) is 2.75. The van der Waals surface area contributed by atoms with E-state index in [4.69, 9.17) is 14.2 Å². The molecule has 0 aromatic heterocycles. The Morgan fingerprint density at radius 3 is 2.55 bits per heavy atom. The zero-order chi connectivity index (χ0) is 15.2. The number of carbonyl (C=O) groups is 2. The summed E-state index contributed by atoms with van der Waals surface area (Å²) >= 11 is 0. The first-order valence-electron chi connectivity index (χ1n) is 7.00. The lowest BCUT2D eigenvalue weighted by Gasteiger charge is -2.29. The van der Waals surface area contributed by atoms with Crippen molar-refractivity contribution in [2.24, 2.45) is 11.3 Å². The van der Waals surface area contributed by atoms with Gasteiger partial charge in [-0.2, -0.15) is 0 Å². The van der Waals surface area contributed by atoms with E-state index in [2.05, 4.69) is 5.32 Å². The lowest BCUT2D eigenvalue weighted by atomic mass is 9.80. The monoisotopic (exact) mass is 287 g/mol. The normalized spacial score (nSPS) is 21.1. The molecule has 1 heterocycles. The van der Waals surface area contributed by atoms with Crippen LogP contribution in [0.5, 0.6) is 0 Å². The Morgan fingerprint density at radius 1 is 1.35 bits per heavy atom. The highest BCUT2D eigenvalue weighted by Crippen LogP contribution is 2.27. The number of hydrogen-bond donors (Lipinski definition) is 1. The smallest absolute Gasteiger partial charge is 0.319 e. The standard InChI is InChI=1S/C14H25NO5/c1-5-19-13(17)11(14(2,3)4)12(16)15-8-10-9-18-6-7-20-10/h10-11H,5-9H2,1-4H3,(H,15,16). The van der Waals surface area contributed by atoms with Crippen LogP contribution in [0, 0.1) is 11.3 Å². The van der Waals surface area contributed by atoms with Crippen LogP contribution in [0.4, 0.5) is 0 Å². The van der Waals surface area contributed by atoms with Crippen molar-refractivity contribution < 1.29 is 23.8 Å². The molecule has 0 aromatic rings. The zero-order valence-electron chi connectivity index (χ0n) is 12.7. The van der Waals surface area contributed by atoms with Crippen LogP contribution in [0.25, 0.3) is 0 Å². The van der Waals surface area contributed by atoms with Crippen molar-refractivity contribution in [3.05, 3.63) is 0 Å². The van der Waals surface area contributed by atoms with E-state index in [0.717, 1.165) is 0 Å². The summed E-state index contributed by atoms with van der Waals surface area (Å²) < 4.78 is 15.7. The fourth-order valence-electron chi connectivity index (χ4n) is 2.05. The second-order valence-electron chi connectivity index (χ2n) is 5.86. The SMILES string of the molecule is CCOC(=O)C(C(=O)NCC1COCCO1)C(C)(C)C. The van der Waals surface area contributed by atoms with Gasteiger partial charge in [0.15, 0.2) is 0 Å². The van der Waals surface area contributed by atoms with Crippen LogP contribution < -0.4 is 5.32 Å². The van der Waals surface area contributed by atoms with Gasteiger partial charge < -0.3 is 19.5 Å². The molecule has 0 aromatic carbocycles. The maximum absolute atomic E-state index is 12.2. The van der Waals surface area contributed by atoms with Crippen LogP contribution in [0.2, 0.25) is 0 Å². The number of carbonyl (C=O) groups excluding carboxylic acids is 2. The summed E-state index contributed by atoms with van der Waals surface area (Å²) in [5.41, 5.74) is -0.500. The summed E-state index contributed by atoms with van der Waals surface area (Å²) in [6.45, 7) is 9.42. The van der Waals surface area contributed by atoms with Crippen LogP contribution >= 0.6 is 0 Å². The summed E-state index contributed by atoms with van der Waals surface area (Å²) in [6.07, 6.45) is -0.157. The molecule has 1 fully saturated rings. The lowest BCUT2D eigenvalue weighted by Crippen LogP contribution is -2.47.